The van der Waals surface area contributed by atoms with Gasteiger partial charge in [0.25, 0.3) is 5.91 Å². The van der Waals surface area contributed by atoms with Crippen molar-refractivity contribution in [3.63, 3.8) is 0 Å². The van der Waals surface area contributed by atoms with E-state index in [1.54, 1.807) is 0 Å². The van der Waals surface area contributed by atoms with Crippen LogP contribution in [0.1, 0.15) is 28.4 Å². The smallest absolute Gasteiger partial charge is 0.251 e. The highest BCUT2D eigenvalue weighted by atomic mass is 35.5. The summed E-state index contributed by atoms with van der Waals surface area (Å²) in [5, 5.41) is 2.90. The summed E-state index contributed by atoms with van der Waals surface area (Å²) in [4.78, 5) is 11.9. The third kappa shape index (κ3) is 4.36. The number of carbonyl (C=O) groups is 1. The number of aryl methyl sites for hydroxylation is 1. The molecular formula is C13H21ClN2O. The van der Waals surface area contributed by atoms with Crippen molar-refractivity contribution in [2.75, 3.05) is 13.1 Å². The van der Waals surface area contributed by atoms with Gasteiger partial charge in [0.05, 0.1) is 0 Å². The molecule has 1 atom stereocenters. The third-order valence-corrected chi connectivity index (χ3v) is 2.86. The summed E-state index contributed by atoms with van der Waals surface area (Å²) in [6.07, 6.45) is 0. The Kier molecular flexibility index (Phi) is 6.85. The number of benzene rings is 1. The van der Waals surface area contributed by atoms with Crippen molar-refractivity contribution in [1.82, 2.24) is 5.32 Å². The molecule has 1 rings (SSSR count). The SMILES string of the molecule is Cc1cccc(C(=O)NCC(C)CN)c1C.Cl. The molecule has 0 saturated heterocycles. The van der Waals surface area contributed by atoms with Gasteiger partial charge in [0.1, 0.15) is 0 Å². The van der Waals surface area contributed by atoms with Crippen LogP contribution in [0.15, 0.2) is 18.2 Å². The molecule has 0 aliphatic rings. The Bertz CT molecular complexity index is 380. The number of hydrogen-bond acceptors (Lipinski definition) is 2. The summed E-state index contributed by atoms with van der Waals surface area (Å²) in [7, 11) is 0. The van der Waals surface area contributed by atoms with Crippen LogP contribution >= 0.6 is 12.4 Å². The molecule has 0 fully saturated rings. The molecule has 1 aromatic carbocycles. The molecule has 3 nitrogen and oxygen atoms in total. The van der Waals surface area contributed by atoms with Crippen LogP contribution in [-0.2, 0) is 0 Å². The van der Waals surface area contributed by atoms with Gasteiger partial charge in [-0.05, 0) is 43.5 Å². The van der Waals surface area contributed by atoms with Crippen LogP contribution in [0, 0.1) is 19.8 Å². The van der Waals surface area contributed by atoms with Crippen LogP contribution in [0.4, 0.5) is 0 Å². The number of nitrogens with one attached hydrogen (secondary N) is 1. The molecule has 96 valence electrons. The number of hydrogen-bond donors (Lipinski definition) is 2. The van der Waals surface area contributed by atoms with Crippen molar-refractivity contribution in [2.45, 2.75) is 20.8 Å². The molecule has 0 aliphatic carbocycles. The van der Waals surface area contributed by atoms with Gasteiger partial charge in [0.2, 0.25) is 0 Å². The van der Waals surface area contributed by atoms with E-state index < -0.39 is 0 Å². The Morgan fingerprint density at radius 3 is 2.65 bits per heavy atom. The number of halogens is 1. The van der Waals surface area contributed by atoms with E-state index >= 15 is 0 Å². The standard InChI is InChI=1S/C13H20N2O.ClH/c1-9(7-14)8-15-13(16)12-6-4-5-10(2)11(12)3;/h4-6,9H,7-8,14H2,1-3H3,(H,15,16);1H. The predicted molar refractivity (Wildman–Crippen MR) is 73.7 cm³/mol. The van der Waals surface area contributed by atoms with Gasteiger partial charge >= 0.3 is 0 Å². The van der Waals surface area contributed by atoms with E-state index in [9.17, 15) is 4.79 Å². The molecule has 0 spiro atoms. The van der Waals surface area contributed by atoms with Crippen LogP contribution in [0.2, 0.25) is 0 Å². The quantitative estimate of drug-likeness (QED) is 0.866. The highest BCUT2D eigenvalue weighted by Gasteiger charge is 2.10. The minimum atomic E-state index is -0.0125. The largest absolute Gasteiger partial charge is 0.352 e. The van der Waals surface area contributed by atoms with Crippen LogP contribution in [0.3, 0.4) is 0 Å². The fraction of sp³-hybridized carbons (Fsp3) is 0.462. The molecule has 17 heavy (non-hydrogen) atoms. The molecule has 0 heterocycles. The van der Waals surface area contributed by atoms with Gasteiger partial charge in [-0.2, -0.15) is 0 Å². The second-order valence-electron chi connectivity index (χ2n) is 4.30. The summed E-state index contributed by atoms with van der Waals surface area (Å²) in [5.41, 5.74) is 8.43. The molecular weight excluding hydrogens is 236 g/mol. The van der Waals surface area contributed by atoms with Crippen molar-refractivity contribution in [1.29, 1.82) is 0 Å². The zero-order chi connectivity index (χ0) is 12.1. The van der Waals surface area contributed by atoms with E-state index in [1.807, 2.05) is 39.0 Å². The number of nitrogens with two attached hydrogens (primary N) is 1. The number of rotatable bonds is 4. The Balaban J connectivity index is 0.00000256. The minimum absolute atomic E-state index is 0. The molecule has 1 aromatic rings. The lowest BCUT2D eigenvalue weighted by atomic mass is 10.0. The van der Waals surface area contributed by atoms with Gasteiger partial charge in [-0.25, -0.2) is 0 Å². The first-order valence-corrected chi connectivity index (χ1v) is 5.60. The van der Waals surface area contributed by atoms with Gasteiger partial charge in [-0.1, -0.05) is 19.1 Å². The van der Waals surface area contributed by atoms with Crippen LogP contribution in [0.25, 0.3) is 0 Å². The van der Waals surface area contributed by atoms with E-state index in [0.717, 1.165) is 16.7 Å². The highest BCUT2D eigenvalue weighted by molar-refractivity contribution is 5.95. The van der Waals surface area contributed by atoms with E-state index in [2.05, 4.69) is 5.32 Å². The molecule has 0 aliphatic heterocycles. The number of amides is 1. The summed E-state index contributed by atoms with van der Waals surface area (Å²) in [6, 6.07) is 5.77. The second kappa shape index (κ2) is 7.30. The molecule has 0 bridgehead atoms. The van der Waals surface area contributed by atoms with Gasteiger partial charge in [0, 0.05) is 12.1 Å². The summed E-state index contributed by atoms with van der Waals surface area (Å²) >= 11 is 0. The normalized spacial score (nSPS) is 11.5. The van der Waals surface area contributed by atoms with E-state index in [-0.39, 0.29) is 18.3 Å². The Hall–Kier alpha value is -1.06. The van der Waals surface area contributed by atoms with Gasteiger partial charge < -0.3 is 11.1 Å². The van der Waals surface area contributed by atoms with Crippen molar-refractivity contribution in [3.8, 4) is 0 Å². The van der Waals surface area contributed by atoms with E-state index in [1.165, 1.54) is 0 Å². The first-order chi connectivity index (χ1) is 7.56. The number of carbonyl (C=O) groups excluding carboxylic acids is 1. The Morgan fingerprint density at radius 2 is 2.06 bits per heavy atom. The zero-order valence-corrected chi connectivity index (χ0v) is 11.4. The van der Waals surface area contributed by atoms with Gasteiger partial charge in [-0.15, -0.1) is 12.4 Å². The summed E-state index contributed by atoms with van der Waals surface area (Å²) < 4.78 is 0. The summed E-state index contributed by atoms with van der Waals surface area (Å²) in [5.74, 6) is 0.301. The topological polar surface area (TPSA) is 55.1 Å². The van der Waals surface area contributed by atoms with Crippen molar-refractivity contribution < 1.29 is 4.79 Å². The Labute approximate surface area is 109 Å². The highest BCUT2D eigenvalue weighted by Crippen LogP contribution is 2.12. The lowest BCUT2D eigenvalue weighted by Gasteiger charge is -2.12. The monoisotopic (exact) mass is 256 g/mol. The van der Waals surface area contributed by atoms with Crippen molar-refractivity contribution in [2.24, 2.45) is 11.7 Å². The maximum atomic E-state index is 11.9. The van der Waals surface area contributed by atoms with Crippen LogP contribution in [0.5, 0.6) is 0 Å². The van der Waals surface area contributed by atoms with E-state index in [4.69, 9.17) is 5.73 Å². The fourth-order valence-electron chi connectivity index (χ4n) is 1.44. The average Bonchev–Trinajstić information content (AvgIpc) is 2.29. The van der Waals surface area contributed by atoms with E-state index in [0.29, 0.717) is 19.0 Å². The second-order valence-corrected chi connectivity index (χ2v) is 4.30. The lowest BCUT2D eigenvalue weighted by Crippen LogP contribution is -2.31. The van der Waals surface area contributed by atoms with Gasteiger partial charge in [-0.3, -0.25) is 4.79 Å². The van der Waals surface area contributed by atoms with Crippen molar-refractivity contribution >= 4 is 18.3 Å². The Morgan fingerprint density at radius 1 is 1.41 bits per heavy atom. The maximum absolute atomic E-state index is 11.9. The molecule has 0 radical (unpaired) electrons. The maximum Gasteiger partial charge on any atom is 0.251 e. The molecule has 1 unspecified atom stereocenters. The summed E-state index contributed by atoms with van der Waals surface area (Å²) in [6.45, 7) is 7.21. The van der Waals surface area contributed by atoms with Crippen LogP contribution < -0.4 is 11.1 Å². The molecule has 0 saturated carbocycles. The third-order valence-electron chi connectivity index (χ3n) is 2.86. The first-order valence-electron chi connectivity index (χ1n) is 5.60. The van der Waals surface area contributed by atoms with Crippen molar-refractivity contribution in [3.05, 3.63) is 34.9 Å². The molecule has 3 N–H and O–H groups in total. The average molecular weight is 257 g/mol. The fourth-order valence-corrected chi connectivity index (χ4v) is 1.44. The predicted octanol–water partition coefficient (Wildman–Crippen LogP) is 2.05. The molecule has 0 aromatic heterocycles. The molecule has 4 heteroatoms. The first kappa shape index (κ1) is 15.9. The minimum Gasteiger partial charge on any atom is -0.352 e. The lowest BCUT2D eigenvalue weighted by molar-refractivity contribution is 0.0948. The van der Waals surface area contributed by atoms with Crippen LogP contribution in [-0.4, -0.2) is 19.0 Å². The van der Waals surface area contributed by atoms with Gasteiger partial charge in [0.15, 0.2) is 0 Å². The zero-order valence-electron chi connectivity index (χ0n) is 10.6. The molecule has 1 amide bonds.